The molecule has 0 aromatic heterocycles. The zero-order valence-corrected chi connectivity index (χ0v) is 14.0. The summed E-state index contributed by atoms with van der Waals surface area (Å²) in [6.07, 6.45) is 6.63. The van der Waals surface area contributed by atoms with Gasteiger partial charge in [-0.2, -0.15) is 5.26 Å². The van der Waals surface area contributed by atoms with Crippen LogP contribution in [0.3, 0.4) is 0 Å². The van der Waals surface area contributed by atoms with Gasteiger partial charge in [-0.05, 0) is 30.7 Å². The van der Waals surface area contributed by atoms with E-state index in [1.54, 1.807) is 26.2 Å². The molecular formula is C17H17ClN2O3. The van der Waals surface area contributed by atoms with E-state index in [0.29, 0.717) is 23.7 Å². The van der Waals surface area contributed by atoms with Crippen molar-refractivity contribution in [2.75, 3.05) is 27.3 Å². The molecule has 1 amide bonds. The fraction of sp³-hybridized carbons (Fsp3) is 0.294. The van der Waals surface area contributed by atoms with Crippen LogP contribution in [0, 0.1) is 23.7 Å². The monoisotopic (exact) mass is 332 g/mol. The number of nitriles is 1. The molecule has 0 heterocycles. The number of carbonyl (C=O) groups excluding carboxylic acids is 1. The minimum atomic E-state index is -0.394. The number of ether oxygens (including phenoxy) is 2. The fourth-order valence-electron chi connectivity index (χ4n) is 1.74. The van der Waals surface area contributed by atoms with Gasteiger partial charge in [-0.15, -0.1) is 6.42 Å². The van der Waals surface area contributed by atoms with Gasteiger partial charge in [0.05, 0.1) is 11.6 Å². The Bertz CT molecular complexity index is 697. The molecule has 0 bridgehead atoms. The van der Waals surface area contributed by atoms with Crippen molar-refractivity contribution < 1.29 is 14.3 Å². The molecule has 1 rings (SSSR count). The maximum atomic E-state index is 11.9. The highest BCUT2D eigenvalue weighted by atomic mass is 35.5. The third-order valence-electron chi connectivity index (χ3n) is 2.70. The van der Waals surface area contributed by atoms with Crippen LogP contribution in [0.15, 0.2) is 17.7 Å². The molecule has 0 atom stereocenters. The Morgan fingerprint density at radius 1 is 1.43 bits per heavy atom. The molecule has 1 aromatic carbocycles. The Kier molecular flexibility index (Phi) is 6.99. The van der Waals surface area contributed by atoms with E-state index in [1.807, 2.05) is 13.0 Å². The summed E-state index contributed by atoms with van der Waals surface area (Å²) in [5.74, 6) is 2.69. The first-order valence-electron chi connectivity index (χ1n) is 6.80. The number of nitrogens with zero attached hydrogens (tertiary/aromatic N) is 2. The number of likely N-dealkylation sites (N-methyl/N-ethyl adjacent to an activating group) is 1. The lowest BCUT2D eigenvalue weighted by molar-refractivity contribution is -0.124. The van der Waals surface area contributed by atoms with Crippen LogP contribution < -0.4 is 9.47 Å². The number of rotatable bonds is 6. The van der Waals surface area contributed by atoms with Gasteiger partial charge in [0, 0.05) is 14.1 Å². The van der Waals surface area contributed by atoms with Crippen LogP contribution >= 0.6 is 11.6 Å². The zero-order valence-electron chi connectivity index (χ0n) is 13.2. The van der Waals surface area contributed by atoms with Gasteiger partial charge in [-0.25, -0.2) is 0 Å². The highest BCUT2D eigenvalue weighted by Gasteiger charge is 2.15. The van der Waals surface area contributed by atoms with Crippen molar-refractivity contribution in [2.24, 2.45) is 0 Å². The average Bonchev–Trinajstić information content (AvgIpc) is 2.51. The number of hydrogen-bond acceptors (Lipinski definition) is 4. The SMILES string of the molecule is C#CCOc1c(Cl)cc(/C=C(/C#N)C(=O)N(C)C)cc1OCC. The predicted molar refractivity (Wildman–Crippen MR) is 89.2 cm³/mol. The van der Waals surface area contributed by atoms with Crippen LogP contribution in [-0.2, 0) is 4.79 Å². The first-order valence-corrected chi connectivity index (χ1v) is 7.18. The highest BCUT2D eigenvalue weighted by molar-refractivity contribution is 6.32. The Morgan fingerprint density at radius 2 is 2.13 bits per heavy atom. The number of terminal acetylenes is 1. The molecule has 23 heavy (non-hydrogen) atoms. The summed E-state index contributed by atoms with van der Waals surface area (Å²) in [6, 6.07) is 5.10. The summed E-state index contributed by atoms with van der Waals surface area (Å²) >= 11 is 6.19. The van der Waals surface area contributed by atoms with Crippen LogP contribution in [0.2, 0.25) is 5.02 Å². The van der Waals surface area contributed by atoms with Crippen molar-refractivity contribution in [1.29, 1.82) is 5.26 Å². The molecular weight excluding hydrogens is 316 g/mol. The summed E-state index contributed by atoms with van der Waals surface area (Å²) in [5.41, 5.74) is 0.545. The number of benzene rings is 1. The molecule has 6 heteroatoms. The van der Waals surface area contributed by atoms with E-state index in [-0.39, 0.29) is 17.2 Å². The topological polar surface area (TPSA) is 62.6 Å². The van der Waals surface area contributed by atoms with Gasteiger partial charge in [0.15, 0.2) is 11.5 Å². The van der Waals surface area contributed by atoms with E-state index >= 15 is 0 Å². The lowest BCUT2D eigenvalue weighted by atomic mass is 10.1. The zero-order chi connectivity index (χ0) is 17.4. The third-order valence-corrected chi connectivity index (χ3v) is 2.98. The van der Waals surface area contributed by atoms with E-state index in [1.165, 1.54) is 11.0 Å². The van der Waals surface area contributed by atoms with Crippen LogP contribution in [0.25, 0.3) is 6.08 Å². The van der Waals surface area contributed by atoms with Gasteiger partial charge in [-0.3, -0.25) is 4.79 Å². The maximum Gasteiger partial charge on any atom is 0.264 e. The third kappa shape index (κ3) is 4.95. The van der Waals surface area contributed by atoms with Gasteiger partial charge in [0.2, 0.25) is 0 Å². The van der Waals surface area contributed by atoms with Crippen molar-refractivity contribution in [3.63, 3.8) is 0 Å². The summed E-state index contributed by atoms with van der Waals surface area (Å²) < 4.78 is 10.9. The second-order valence-corrected chi connectivity index (χ2v) is 5.03. The molecule has 0 aliphatic rings. The molecule has 0 saturated heterocycles. The molecule has 5 nitrogen and oxygen atoms in total. The molecule has 0 radical (unpaired) electrons. The lowest BCUT2D eigenvalue weighted by Crippen LogP contribution is -2.22. The minimum absolute atomic E-state index is 0.00851. The summed E-state index contributed by atoms with van der Waals surface area (Å²) in [7, 11) is 3.14. The molecule has 0 saturated carbocycles. The molecule has 0 fully saturated rings. The molecule has 0 N–H and O–H groups in total. The van der Waals surface area contributed by atoms with Gasteiger partial charge < -0.3 is 14.4 Å². The summed E-state index contributed by atoms with van der Waals surface area (Å²) in [5, 5.41) is 9.43. The highest BCUT2D eigenvalue weighted by Crippen LogP contribution is 2.37. The predicted octanol–water partition coefficient (Wildman–Crippen LogP) is 2.75. The number of amides is 1. The van der Waals surface area contributed by atoms with E-state index < -0.39 is 5.91 Å². The van der Waals surface area contributed by atoms with Crippen molar-refractivity contribution >= 4 is 23.6 Å². The van der Waals surface area contributed by atoms with Crippen molar-refractivity contribution in [3.05, 3.63) is 28.3 Å². The molecule has 0 aliphatic carbocycles. The number of hydrogen-bond donors (Lipinski definition) is 0. The second-order valence-electron chi connectivity index (χ2n) is 4.63. The first-order chi connectivity index (χ1) is 10.9. The Hall–Kier alpha value is -2.63. The van der Waals surface area contributed by atoms with E-state index in [0.717, 1.165) is 0 Å². The van der Waals surface area contributed by atoms with Crippen LogP contribution in [0.5, 0.6) is 11.5 Å². The summed E-state index contributed by atoms with van der Waals surface area (Å²) in [4.78, 5) is 13.2. The Labute approximate surface area is 141 Å². The first kappa shape index (κ1) is 18.4. The standard InChI is InChI=1S/C17H17ClN2O3/c1-5-7-23-16-14(18)9-12(10-15(16)22-6-2)8-13(11-19)17(21)20(3)4/h1,8-10H,6-7H2,2-4H3/b13-8-. The van der Waals surface area contributed by atoms with E-state index in [9.17, 15) is 4.79 Å². The number of carbonyl (C=O) groups is 1. The van der Waals surface area contributed by atoms with E-state index in [4.69, 9.17) is 32.8 Å². The Morgan fingerprint density at radius 3 is 2.65 bits per heavy atom. The molecule has 0 spiro atoms. The lowest BCUT2D eigenvalue weighted by Gasteiger charge is -2.13. The molecule has 0 aliphatic heterocycles. The van der Waals surface area contributed by atoms with E-state index in [2.05, 4.69) is 5.92 Å². The van der Waals surface area contributed by atoms with Crippen LogP contribution in [0.4, 0.5) is 0 Å². The smallest absolute Gasteiger partial charge is 0.264 e. The average molecular weight is 333 g/mol. The van der Waals surface area contributed by atoms with Gasteiger partial charge in [-0.1, -0.05) is 17.5 Å². The van der Waals surface area contributed by atoms with Crippen LogP contribution in [0.1, 0.15) is 12.5 Å². The molecule has 0 unspecified atom stereocenters. The van der Waals surface area contributed by atoms with Crippen LogP contribution in [-0.4, -0.2) is 38.1 Å². The fourth-order valence-corrected chi connectivity index (χ4v) is 2.01. The van der Waals surface area contributed by atoms with Gasteiger partial charge >= 0.3 is 0 Å². The minimum Gasteiger partial charge on any atom is -0.490 e. The summed E-state index contributed by atoms with van der Waals surface area (Å²) in [6.45, 7) is 2.27. The Balaban J connectivity index is 3.31. The van der Waals surface area contributed by atoms with Crippen molar-refractivity contribution in [3.8, 4) is 29.9 Å². The second kappa shape index (κ2) is 8.73. The van der Waals surface area contributed by atoms with Gasteiger partial charge in [0.1, 0.15) is 18.2 Å². The normalized spacial score (nSPS) is 10.4. The van der Waals surface area contributed by atoms with Gasteiger partial charge in [0.25, 0.3) is 5.91 Å². The van der Waals surface area contributed by atoms with Crippen molar-refractivity contribution in [1.82, 2.24) is 4.90 Å². The maximum absolute atomic E-state index is 11.9. The largest absolute Gasteiger partial charge is 0.490 e. The molecule has 120 valence electrons. The molecule has 1 aromatic rings. The number of halogens is 1. The van der Waals surface area contributed by atoms with Crippen molar-refractivity contribution in [2.45, 2.75) is 6.92 Å². The quantitative estimate of drug-likeness (QED) is 0.456.